The topological polar surface area (TPSA) is 24.1 Å². The van der Waals surface area contributed by atoms with Gasteiger partial charge in [0.15, 0.2) is 0 Å². The Morgan fingerprint density at radius 3 is 0.525 bits per heavy atom. The van der Waals surface area contributed by atoms with Gasteiger partial charge in [-0.1, -0.05) is 206 Å². The highest BCUT2D eigenvalue weighted by Gasteiger charge is 1.96. The van der Waals surface area contributed by atoms with Gasteiger partial charge in [-0.25, -0.2) is 0 Å². The lowest BCUT2D eigenvalue weighted by Gasteiger charge is -2.03. The number of rotatable bonds is 34. The Morgan fingerprint density at radius 1 is 0.225 bits per heavy atom. The van der Waals surface area contributed by atoms with Crippen LogP contribution in [0.25, 0.3) is 0 Å². The average Bonchev–Trinajstić information content (AvgIpc) is 2.97. The first-order valence-corrected chi connectivity index (χ1v) is 19.1. The molecule has 40 heavy (non-hydrogen) atoms. The van der Waals surface area contributed by atoms with Gasteiger partial charge < -0.3 is 10.6 Å². The Morgan fingerprint density at radius 2 is 0.375 bits per heavy atom. The van der Waals surface area contributed by atoms with Crippen molar-refractivity contribution in [1.29, 1.82) is 0 Å². The van der Waals surface area contributed by atoms with Crippen LogP contribution in [0.5, 0.6) is 0 Å². The molecular formula is C38H82N2. The maximum Gasteiger partial charge on any atom is -0.00519 e. The normalized spacial score (nSPS) is 11.1. The second-order valence-electron chi connectivity index (χ2n) is 12.8. The standard InChI is InChI=1S/2C19H41N/c2*1-3-4-5-6-7-8-9-10-11-12-13-14-15-16-17-18-19-20-2/h2*20H,3-19H2,1-2H3. The number of hydrogen-bond acceptors (Lipinski definition) is 2. The lowest BCUT2D eigenvalue weighted by Crippen LogP contribution is -2.06. The Kier molecular flexibility index (Phi) is 45.6. The van der Waals surface area contributed by atoms with E-state index >= 15 is 0 Å². The van der Waals surface area contributed by atoms with Crippen molar-refractivity contribution in [3.63, 3.8) is 0 Å². The van der Waals surface area contributed by atoms with Gasteiger partial charge in [-0.2, -0.15) is 0 Å². The van der Waals surface area contributed by atoms with E-state index in [4.69, 9.17) is 0 Å². The van der Waals surface area contributed by atoms with E-state index in [1.807, 2.05) is 14.1 Å². The molecule has 2 nitrogen and oxygen atoms in total. The summed E-state index contributed by atoms with van der Waals surface area (Å²) in [6.45, 7) is 6.97. The van der Waals surface area contributed by atoms with Crippen molar-refractivity contribution in [3.8, 4) is 0 Å². The second-order valence-corrected chi connectivity index (χ2v) is 12.8. The van der Waals surface area contributed by atoms with Gasteiger partial charge in [-0.3, -0.25) is 0 Å². The van der Waals surface area contributed by atoms with Crippen molar-refractivity contribution < 1.29 is 0 Å². The summed E-state index contributed by atoms with van der Waals surface area (Å²) in [5.74, 6) is 0. The van der Waals surface area contributed by atoms with Crippen LogP contribution in [0.1, 0.15) is 219 Å². The van der Waals surface area contributed by atoms with Crippen LogP contribution in [0, 0.1) is 0 Å². The summed E-state index contributed by atoms with van der Waals surface area (Å²) in [5.41, 5.74) is 0. The summed E-state index contributed by atoms with van der Waals surface area (Å²) in [6, 6.07) is 0. The smallest absolute Gasteiger partial charge is 0.00519 e. The predicted molar refractivity (Wildman–Crippen MR) is 187 cm³/mol. The first-order valence-electron chi connectivity index (χ1n) is 19.1. The molecule has 0 rings (SSSR count). The molecule has 0 fully saturated rings. The Balaban J connectivity index is 0. The zero-order chi connectivity index (χ0) is 29.5. The quantitative estimate of drug-likeness (QED) is 0.0757. The van der Waals surface area contributed by atoms with E-state index in [0.29, 0.717) is 0 Å². The minimum Gasteiger partial charge on any atom is -0.320 e. The van der Waals surface area contributed by atoms with Gasteiger partial charge in [0.1, 0.15) is 0 Å². The minimum atomic E-state index is 1.19. The molecule has 0 radical (unpaired) electrons. The molecule has 2 N–H and O–H groups in total. The summed E-state index contributed by atoms with van der Waals surface area (Å²) >= 11 is 0. The molecule has 0 aliphatic rings. The van der Waals surface area contributed by atoms with E-state index in [2.05, 4.69) is 24.5 Å². The predicted octanol–water partition coefficient (Wildman–Crippen LogP) is 12.9. The molecule has 244 valence electrons. The highest BCUT2D eigenvalue weighted by molar-refractivity contribution is 4.52. The van der Waals surface area contributed by atoms with E-state index < -0.39 is 0 Å². The van der Waals surface area contributed by atoms with Crippen LogP contribution in [0.2, 0.25) is 0 Å². The highest BCUT2D eigenvalue weighted by Crippen LogP contribution is 2.15. The molecule has 0 saturated heterocycles. The lowest BCUT2D eigenvalue weighted by molar-refractivity contribution is 0.528. The molecular weight excluding hydrogens is 484 g/mol. The first kappa shape index (κ1) is 42.1. The van der Waals surface area contributed by atoms with Crippen LogP contribution < -0.4 is 10.6 Å². The van der Waals surface area contributed by atoms with Gasteiger partial charge in [-0.05, 0) is 40.0 Å². The number of unbranched alkanes of at least 4 members (excludes halogenated alkanes) is 30. The molecule has 0 aromatic heterocycles. The van der Waals surface area contributed by atoms with Crippen LogP contribution in [0.15, 0.2) is 0 Å². The third-order valence-electron chi connectivity index (χ3n) is 8.56. The molecule has 0 aromatic carbocycles. The molecule has 0 atom stereocenters. The van der Waals surface area contributed by atoms with Crippen molar-refractivity contribution in [2.45, 2.75) is 219 Å². The SMILES string of the molecule is CCCCCCCCCCCCCCCCCCNC.CCCCCCCCCCCCCCCCCCNC. The van der Waals surface area contributed by atoms with Crippen LogP contribution in [0.3, 0.4) is 0 Å². The molecule has 2 heteroatoms. The average molecular weight is 567 g/mol. The van der Waals surface area contributed by atoms with Gasteiger partial charge >= 0.3 is 0 Å². The molecule has 0 aromatic rings. The van der Waals surface area contributed by atoms with E-state index in [9.17, 15) is 0 Å². The zero-order valence-electron chi connectivity index (χ0n) is 29.0. The van der Waals surface area contributed by atoms with Crippen LogP contribution in [0.4, 0.5) is 0 Å². The van der Waals surface area contributed by atoms with Crippen LogP contribution in [-0.2, 0) is 0 Å². The van der Waals surface area contributed by atoms with Crippen molar-refractivity contribution in [2.24, 2.45) is 0 Å². The molecule has 0 saturated carbocycles. The summed E-state index contributed by atoms with van der Waals surface area (Å²) in [4.78, 5) is 0. The molecule has 0 unspecified atom stereocenters. The Labute approximate surface area is 256 Å². The summed E-state index contributed by atoms with van der Waals surface area (Å²) in [6.07, 6.45) is 46.5. The van der Waals surface area contributed by atoms with Crippen molar-refractivity contribution in [1.82, 2.24) is 10.6 Å². The maximum absolute atomic E-state index is 3.22. The van der Waals surface area contributed by atoms with Crippen LogP contribution in [-0.4, -0.2) is 27.2 Å². The molecule has 0 bridgehead atoms. The zero-order valence-corrected chi connectivity index (χ0v) is 29.0. The van der Waals surface area contributed by atoms with Gasteiger partial charge in [0.25, 0.3) is 0 Å². The molecule has 0 spiro atoms. The number of nitrogens with one attached hydrogen (secondary N) is 2. The largest absolute Gasteiger partial charge is 0.320 e. The first-order chi connectivity index (χ1) is 19.8. The fraction of sp³-hybridized carbons (Fsp3) is 1.00. The maximum atomic E-state index is 3.22. The van der Waals surface area contributed by atoms with Crippen LogP contribution >= 0.6 is 0 Å². The lowest BCUT2D eigenvalue weighted by atomic mass is 10.0. The second kappa shape index (κ2) is 43.4. The minimum absolute atomic E-state index is 1.19. The van der Waals surface area contributed by atoms with E-state index in [1.54, 1.807) is 0 Å². The summed E-state index contributed by atoms with van der Waals surface area (Å²) < 4.78 is 0. The fourth-order valence-corrected chi connectivity index (χ4v) is 5.70. The molecule has 0 heterocycles. The Bertz CT molecular complexity index is 312. The molecule has 0 aliphatic carbocycles. The van der Waals surface area contributed by atoms with Gasteiger partial charge in [0.2, 0.25) is 0 Å². The number of hydrogen-bond donors (Lipinski definition) is 2. The van der Waals surface area contributed by atoms with Crippen molar-refractivity contribution in [2.75, 3.05) is 27.2 Å². The third-order valence-corrected chi connectivity index (χ3v) is 8.56. The van der Waals surface area contributed by atoms with Crippen molar-refractivity contribution >= 4 is 0 Å². The van der Waals surface area contributed by atoms with E-state index in [0.717, 1.165) is 0 Å². The van der Waals surface area contributed by atoms with Crippen molar-refractivity contribution in [3.05, 3.63) is 0 Å². The summed E-state index contributed by atoms with van der Waals surface area (Å²) in [5, 5.41) is 6.43. The van der Waals surface area contributed by atoms with Gasteiger partial charge in [0, 0.05) is 0 Å². The molecule has 0 aliphatic heterocycles. The van der Waals surface area contributed by atoms with Gasteiger partial charge in [0.05, 0.1) is 0 Å². The van der Waals surface area contributed by atoms with E-state index in [-0.39, 0.29) is 0 Å². The monoisotopic (exact) mass is 567 g/mol. The molecule has 0 amide bonds. The van der Waals surface area contributed by atoms with Gasteiger partial charge in [-0.15, -0.1) is 0 Å². The summed E-state index contributed by atoms with van der Waals surface area (Å²) in [7, 11) is 4.09. The Hall–Kier alpha value is -0.0800. The third kappa shape index (κ3) is 44.9. The highest BCUT2D eigenvalue weighted by atomic mass is 14.8. The fourth-order valence-electron chi connectivity index (χ4n) is 5.70. The van der Waals surface area contributed by atoms with E-state index in [1.165, 1.54) is 219 Å².